The van der Waals surface area contributed by atoms with Gasteiger partial charge >= 0.3 is 0 Å². The zero-order valence-corrected chi connectivity index (χ0v) is 17.5. The maximum atomic E-state index is 13.7. The van der Waals surface area contributed by atoms with Gasteiger partial charge in [-0.2, -0.15) is 0 Å². The van der Waals surface area contributed by atoms with Crippen LogP contribution in [0.15, 0.2) is 47.3 Å². The third-order valence-electron chi connectivity index (χ3n) is 5.36. The number of hydrogen-bond donors (Lipinski definition) is 2. The Morgan fingerprint density at radius 2 is 1.97 bits per heavy atom. The van der Waals surface area contributed by atoms with Gasteiger partial charge in [-0.15, -0.1) is 0 Å². The lowest BCUT2D eigenvalue weighted by Crippen LogP contribution is -2.42. The normalized spacial score (nSPS) is 14.6. The van der Waals surface area contributed by atoms with Crippen molar-refractivity contribution >= 4 is 5.91 Å². The molecule has 0 atom stereocenters. The number of amides is 1. The predicted octanol–water partition coefficient (Wildman–Crippen LogP) is 3.09. The Morgan fingerprint density at radius 1 is 1.22 bits per heavy atom. The minimum Gasteiger partial charge on any atom is -0.501 e. The number of carbonyl (C=O) groups is 1. The first-order valence-corrected chi connectivity index (χ1v) is 9.99. The number of ether oxygens (including phenoxy) is 1. The first-order valence-electron chi connectivity index (χ1n) is 9.99. The van der Waals surface area contributed by atoms with E-state index in [1.54, 1.807) is 38.1 Å². The molecule has 7 nitrogen and oxygen atoms in total. The summed E-state index contributed by atoms with van der Waals surface area (Å²) in [6.07, 6.45) is 0. The van der Waals surface area contributed by atoms with Gasteiger partial charge in [0.15, 0.2) is 17.3 Å². The van der Waals surface area contributed by atoms with Crippen LogP contribution in [0.5, 0.6) is 5.75 Å². The SMILES string of the molecule is CC1(C)OCCn2c1nc(C(=O)NCc1ccccc1-c1ccc(F)c(F)c1)c(O)c2=O. The van der Waals surface area contributed by atoms with E-state index in [1.165, 1.54) is 10.6 Å². The van der Waals surface area contributed by atoms with Crippen molar-refractivity contribution in [1.82, 2.24) is 14.9 Å². The van der Waals surface area contributed by atoms with Crippen molar-refractivity contribution in [3.8, 4) is 16.9 Å². The second-order valence-corrected chi connectivity index (χ2v) is 7.92. The van der Waals surface area contributed by atoms with E-state index in [4.69, 9.17) is 4.74 Å². The molecule has 0 saturated heterocycles. The summed E-state index contributed by atoms with van der Waals surface area (Å²) in [6.45, 7) is 3.96. The van der Waals surface area contributed by atoms with Crippen LogP contribution in [-0.2, 0) is 23.4 Å². The molecule has 2 aromatic carbocycles. The van der Waals surface area contributed by atoms with Crippen molar-refractivity contribution in [1.29, 1.82) is 0 Å². The van der Waals surface area contributed by atoms with Gasteiger partial charge in [0, 0.05) is 6.54 Å². The lowest BCUT2D eigenvalue weighted by atomic mass is 9.99. The molecule has 0 spiro atoms. The summed E-state index contributed by atoms with van der Waals surface area (Å²) in [5.41, 5.74) is -0.336. The Kier molecular flexibility index (Phi) is 5.52. The van der Waals surface area contributed by atoms with E-state index < -0.39 is 40.1 Å². The van der Waals surface area contributed by atoms with Gasteiger partial charge in [-0.05, 0) is 42.7 Å². The molecule has 0 bridgehead atoms. The molecule has 4 rings (SSSR count). The van der Waals surface area contributed by atoms with Crippen molar-refractivity contribution in [2.75, 3.05) is 6.61 Å². The zero-order chi connectivity index (χ0) is 23.0. The first kappa shape index (κ1) is 21.6. The minimum absolute atomic E-state index is 0.00737. The number of aromatic nitrogens is 2. The van der Waals surface area contributed by atoms with E-state index in [0.717, 1.165) is 12.1 Å². The maximum absolute atomic E-state index is 13.7. The molecular weight excluding hydrogens is 420 g/mol. The second-order valence-electron chi connectivity index (χ2n) is 7.92. The van der Waals surface area contributed by atoms with Crippen LogP contribution in [0.2, 0.25) is 0 Å². The van der Waals surface area contributed by atoms with Gasteiger partial charge in [0.05, 0.1) is 13.2 Å². The molecule has 32 heavy (non-hydrogen) atoms. The van der Waals surface area contributed by atoms with Gasteiger partial charge in [-0.25, -0.2) is 13.8 Å². The van der Waals surface area contributed by atoms with Gasteiger partial charge < -0.3 is 15.2 Å². The number of nitrogens with one attached hydrogen (secondary N) is 1. The Morgan fingerprint density at radius 3 is 2.72 bits per heavy atom. The Balaban J connectivity index is 1.63. The molecule has 9 heteroatoms. The van der Waals surface area contributed by atoms with Gasteiger partial charge in [0.25, 0.3) is 11.5 Å². The molecule has 0 unspecified atom stereocenters. The summed E-state index contributed by atoms with van der Waals surface area (Å²) >= 11 is 0. The highest BCUT2D eigenvalue weighted by atomic mass is 19.2. The van der Waals surface area contributed by atoms with Crippen LogP contribution in [0.1, 0.15) is 35.7 Å². The highest BCUT2D eigenvalue weighted by Crippen LogP contribution is 2.28. The highest BCUT2D eigenvalue weighted by molar-refractivity contribution is 5.94. The van der Waals surface area contributed by atoms with Crippen molar-refractivity contribution in [3.63, 3.8) is 0 Å². The molecular formula is C23H21F2N3O4. The van der Waals surface area contributed by atoms with Gasteiger partial charge in [-0.1, -0.05) is 30.3 Å². The second kappa shape index (κ2) is 8.16. The Labute approximate surface area is 182 Å². The maximum Gasteiger partial charge on any atom is 0.296 e. The van der Waals surface area contributed by atoms with Crippen LogP contribution >= 0.6 is 0 Å². The molecule has 1 amide bonds. The number of aromatic hydroxyl groups is 1. The van der Waals surface area contributed by atoms with Crippen LogP contribution in [-0.4, -0.2) is 27.2 Å². The number of nitrogens with zero attached hydrogens (tertiary/aromatic N) is 2. The molecule has 1 aliphatic heterocycles. The molecule has 0 aliphatic carbocycles. The van der Waals surface area contributed by atoms with Crippen molar-refractivity contribution < 1.29 is 23.4 Å². The number of carbonyl (C=O) groups excluding carboxylic acids is 1. The molecule has 0 saturated carbocycles. The van der Waals surface area contributed by atoms with E-state index in [0.29, 0.717) is 16.7 Å². The average molecular weight is 441 g/mol. The fraction of sp³-hybridized carbons (Fsp3) is 0.261. The number of fused-ring (bicyclic) bond motifs is 1. The third kappa shape index (κ3) is 3.87. The molecule has 1 aromatic heterocycles. The van der Waals surface area contributed by atoms with Gasteiger partial charge in [0.2, 0.25) is 5.75 Å². The van der Waals surface area contributed by atoms with E-state index in [2.05, 4.69) is 10.3 Å². The van der Waals surface area contributed by atoms with Gasteiger partial charge in [0.1, 0.15) is 11.4 Å². The molecule has 2 heterocycles. The summed E-state index contributed by atoms with van der Waals surface area (Å²) in [5.74, 6) is -3.16. The van der Waals surface area contributed by atoms with E-state index in [-0.39, 0.29) is 25.5 Å². The largest absolute Gasteiger partial charge is 0.501 e. The van der Waals surface area contributed by atoms with Crippen LogP contribution in [0.25, 0.3) is 11.1 Å². The van der Waals surface area contributed by atoms with Crippen LogP contribution in [0, 0.1) is 11.6 Å². The zero-order valence-electron chi connectivity index (χ0n) is 17.5. The van der Waals surface area contributed by atoms with E-state index in [1.807, 2.05) is 0 Å². The summed E-state index contributed by atoms with van der Waals surface area (Å²) in [5, 5.41) is 12.9. The quantitative estimate of drug-likeness (QED) is 0.649. The van der Waals surface area contributed by atoms with Gasteiger partial charge in [-0.3, -0.25) is 14.2 Å². The first-order chi connectivity index (χ1) is 15.2. The fourth-order valence-corrected chi connectivity index (χ4v) is 3.71. The van der Waals surface area contributed by atoms with Crippen LogP contribution in [0.4, 0.5) is 8.78 Å². The lowest BCUT2D eigenvalue weighted by molar-refractivity contribution is -0.0566. The monoisotopic (exact) mass is 441 g/mol. The van der Waals surface area contributed by atoms with Crippen molar-refractivity contribution in [2.24, 2.45) is 0 Å². The van der Waals surface area contributed by atoms with Crippen LogP contribution < -0.4 is 10.9 Å². The molecule has 0 radical (unpaired) electrons. The van der Waals surface area contributed by atoms with E-state index >= 15 is 0 Å². The predicted molar refractivity (Wildman–Crippen MR) is 112 cm³/mol. The number of halogens is 2. The molecule has 1 aliphatic rings. The lowest BCUT2D eigenvalue weighted by Gasteiger charge is -2.32. The average Bonchev–Trinajstić information content (AvgIpc) is 2.76. The minimum atomic E-state index is -0.977. The summed E-state index contributed by atoms with van der Waals surface area (Å²) in [4.78, 5) is 29.6. The summed E-state index contributed by atoms with van der Waals surface area (Å²) in [7, 11) is 0. The van der Waals surface area contributed by atoms with Crippen molar-refractivity contribution in [2.45, 2.75) is 32.5 Å². The number of rotatable bonds is 4. The Bertz CT molecular complexity index is 1270. The Hall–Kier alpha value is -3.59. The highest BCUT2D eigenvalue weighted by Gasteiger charge is 2.34. The third-order valence-corrected chi connectivity index (χ3v) is 5.36. The standard InChI is InChI=1S/C23H21F2N3O4/c1-23(2)22-27-18(19(29)21(31)28(22)9-10-32-23)20(30)26-12-14-5-3-4-6-15(14)13-7-8-16(24)17(25)11-13/h3-8,11,29H,9-10,12H2,1-2H3,(H,26,30). The van der Waals surface area contributed by atoms with Crippen LogP contribution in [0.3, 0.4) is 0 Å². The topological polar surface area (TPSA) is 93.5 Å². The molecule has 0 fully saturated rings. The molecule has 166 valence electrons. The number of hydrogen-bond acceptors (Lipinski definition) is 5. The van der Waals surface area contributed by atoms with Crippen molar-refractivity contribution in [3.05, 3.63) is 81.5 Å². The number of benzene rings is 2. The fourth-order valence-electron chi connectivity index (χ4n) is 3.71. The van der Waals surface area contributed by atoms with E-state index in [9.17, 15) is 23.5 Å². The summed E-state index contributed by atoms with van der Waals surface area (Å²) < 4.78 is 33.9. The molecule has 2 N–H and O–H groups in total. The summed E-state index contributed by atoms with van der Waals surface area (Å²) in [6, 6.07) is 10.5. The molecule has 3 aromatic rings. The smallest absolute Gasteiger partial charge is 0.296 e.